The number of carbonyl (C=O) groups excluding carboxylic acids is 2. The Hall–Kier alpha value is -1.32. The van der Waals surface area contributed by atoms with E-state index in [2.05, 4.69) is 18.8 Å². The Kier molecular flexibility index (Phi) is 4.45. The molecule has 0 bridgehead atoms. The number of ether oxygens (including phenoxy) is 1. The molecule has 0 aromatic heterocycles. The first-order valence-corrected chi connectivity index (χ1v) is 8.07. The van der Waals surface area contributed by atoms with Crippen molar-refractivity contribution in [1.82, 2.24) is 5.32 Å². The minimum Gasteiger partial charge on any atom is -0.453 e. The number of allylic oxidation sites excluding steroid dienone is 1. The van der Waals surface area contributed by atoms with E-state index in [0.29, 0.717) is 18.8 Å². The van der Waals surface area contributed by atoms with Crippen molar-refractivity contribution in [2.24, 2.45) is 11.8 Å². The highest BCUT2D eigenvalue weighted by Gasteiger charge is 2.75. The third-order valence-corrected chi connectivity index (χ3v) is 5.34. The molecule has 2 rings (SSSR count). The molecule has 0 unspecified atom stereocenters. The zero-order valence-electron chi connectivity index (χ0n) is 13.4. The van der Waals surface area contributed by atoms with Gasteiger partial charge in [-0.2, -0.15) is 0 Å². The standard InChI is InChI=1S/C17H27NO3/c1-5-7-8-9-12(3)10-11-17-15(20)21-16(17,4)13(6-2)14(19)18-17/h5,12-13H,1,6-11H2,2-4H3,(H,18,19)/t12-,13+,16+,17+/m1/s1. The van der Waals surface area contributed by atoms with E-state index in [9.17, 15) is 9.59 Å². The van der Waals surface area contributed by atoms with Gasteiger partial charge in [0.2, 0.25) is 5.91 Å². The Morgan fingerprint density at radius 2 is 2.14 bits per heavy atom. The van der Waals surface area contributed by atoms with E-state index >= 15 is 0 Å². The van der Waals surface area contributed by atoms with Gasteiger partial charge in [-0.05, 0) is 44.9 Å². The number of carbonyl (C=O) groups is 2. The molecule has 2 aliphatic rings. The van der Waals surface area contributed by atoms with Crippen LogP contribution in [0.4, 0.5) is 0 Å². The van der Waals surface area contributed by atoms with E-state index in [1.807, 2.05) is 19.9 Å². The van der Waals surface area contributed by atoms with Crippen LogP contribution in [0.2, 0.25) is 0 Å². The van der Waals surface area contributed by atoms with E-state index in [4.69, 9.17) is 4.74 Å². The Balaban J connectivity index is 1.99. The van der Waals surface area contributed by atoms with Crippen LogP contribution in [0.25, 0.3) is 0 Å². The molecule has 0 aromatic carbocycles. The highest BCUT2D eigenvalue weighted by Crippen LogP contribution is 2.52. The lowest BCUT2D eigenvalue weighted by Gasteiger charge is -2.51. The monoisotopic (exact) mass is 293 g/mol. The van der Waals surface area contributed by atoms with Crippen molar-refractivity contribution < 1.29 is 14.3 Å². The molecule has 21 heavy (non-hydrogen) atoms. The first kappa shape index (κ1) is 16.1. The molecule has 0 aliphatic carbocycles. The van der Waals surface area contributed by atoms with Gasteiger partial charge in [0.1, 0.15) is 0 Å². The minimum absolute atomic E-state index is 0.0369. The number of amides is 1. The maximum absolute atomic E-state index is 12.1. The minimum atomic E-state index is -0.780. The third kappa shape index (κ3) is 2.39. The quantitative estimate of drug-likeness (QED) is 0.425. The molecule has 4 heteroatoms. The van der Waals surface area contributed by atoms with Crippen molar-refractivity contribution in [2.75, 3.05) is 0 Å². The van der Waals surface area contributed by atoms with Crippen LogP contribution in [-0.4, -0.2) is 23.0 Å². The van der Waals surface area contributed by atoms with Crippen molar-refractivity contribution in [3.63, 3.8) is 0 Å². The largest absolute Gasteiger partial charge is 0.453 e. The van der Waals surface area contributed by atoms with E-state index in [0.717, 1.165) is 25.7 Å². The third-order valence-electron chi connectivity index (χ3n) is 5.34. The fourth-order valence-electron chi connectivity index (χ4n) is 3.82. The van der Waals surface area contributed by atoms with Gasteiger partial charge in [-0.3, -0.25) is 4.79 Å². The van der Waals surface area contributed by atoms with Crippen LogP contribution in [-0.2, 0) is 14.3 Å². The maximum atomic E-state index is 12.1. The summed E-state index contributed by atoms with van der Waals surface area (Å²) in [6.07, 6.45) is 7.53. The SMILES string of the molecule is C=CCCC[C@@H](C)CC[C@@]12NC(=O)[C@H](CC)[C@]1(C)OC2=O. The number of esters is 1. The molecule has 0 radical (unpaired) electrons. The average molecular weight is 293 g/mol. The van der Waals surface area contributed by atoms with Crippen molar-refractivity contribution in [2.45, 2.75) is 70.4 Å². The summed E-state index contributed by atoms with van der Waals surface area (Å²) in [5, 5.41) is 2.95. The number of unbranched alkanes of at least 4 members (excludes halogenated alkanes) is 1. The molecule has 2 aliphatic heterocycles. The average Bonchev–Trinajstić information content (AvgIpc) is 2.60. The highest BCUT2D eigenvalue weighted by atomic mass is 16.6. The first-order valence-electron chi connectivity index (χ1n) is 8.07. The highest BCUT2D eigenvalue weighted by molar-refractivity contribution is 6.01. The lowest BCUT2D eigenvalue weighted by Crippen LogP contribution is -2.74. The Morgan fingerprint density at radius 1 is 1.43 bits per heavy atom. The van der Waals surface area contributed by atoms with Gasteiger partial charge >= 0.3 is 5.97 Å². The summed E-state index contributed by atoms with van der Waals surface area (Å²) < 4.78 is 5.42. The molecule has 0 aromatic rings. The van der Waals surface area contributed by atoms with E-state index in [1.165, 1.54) is 0 Å². The predicted molar refractivity (Wildman–Crippen MR) is 81.6 cm³/mol. The molecule has 2 fully saturated rings. The molecule has 118 valence electrons. The lowest BCUT2D eigenvalue weighted by molar-refractivity contribution is -0.221. The summed E-state index contributed by atoms with van der Waals surface area (Å²) in [5.41, 5.74) is -1.44. The summed E-state index contributed by atoms with van der Waals surface area (Å²) in [7, 11) is 0. The van der Waals surface area contributed by atoms with Crippen LogP contribution in [0.15, 0.2) is 12.7 Å². The summed E-state index contributed by atoms with van der Waals surface area (Å²) in [5.74, 6) is 0.0265. The second-order valence-electron chi connectivity index (χ2n) is 6.72. The van der Waals surface area contributed by atoms with Crippen LogP contribution in [0.3, 0.4) is 0 Å². The fraction of sp³-hybridized carbons (Fsp3) is 0.765. The van der Waals surface area contributed by atoms with Crippen LogP contribution < -0.4 is 5.32 Å². The molecular weight excluding hydrogens is 266 g/mol. The Bertz CT molecular complexity index is 447. The molecule has 2 heterocycles. The molecule has 1 N–H and O–H groups in total. The van der Waals surface area contributed by atoms with Gasteiger partial charge in [-0.25, -0.2) is 4.79 Å². The zero-order chi connectivity index (χ0) is 15.7. The van der Waals surface area contributed by atoms with Gasteiger partial charge in [0.15, 0.2) is 11.1 Å². The summed E-state index contributed by atoms with van der Waals surface area (Å²) in [6, 6.07) is 0. The molecular formula is C17H27NO3. The summed E-state index contributed by atoms with van der Waals surface area (Å²) >= 11 is 0. The molecule has 1 amide bonds. The Labute approximate surface area is 127 Å². The van der Waals surface area contributed by atoms with Crippen LogP contribution in [0.1, 0.15) is 59.3 Å². The van der Waals surface area contributed by atoms with Crippen LogP contribution in [0, 0.1) is 11.8 Å². The molecule has 4 nitrogen and oxygen atoms in total. The predicted octanol–water partition coefficient (Wildman–Crippen LogP) is 2.97. The van der Waals surface area contributed by atoms with Gasteiger partial charge in [-0.1, -0.05) is 26.3 Å². The number of hydrogen-bond acceptors (Lipinski definition) is 3. The van der Waals surface area contributed by atoms with Gasteiger partial charge in [0, 0.05) is 0 Å². The summed E-state index contributed by atoms with van der Waals surface area (Å²) in [6.45, 7) is 9.81. The molecule has 2 saturated heterocycles. The van der Waals surface area contributed by atoms with Gasteiger partial charge in [0.25, 0.3) is 0 Å². The van der Waals surface area contributed by atoms with E-state index < -0.39 is 11.1 Å². The molecule has 4 atom stereocenters. The zero-order valence-corrected chi connectivity index (χ0v) is 13.4. The number of rotatable bonds is 8. The number of fused-ring (bicyclic) bond motifs is 1. The number of hydrogen-bond donors (Lipinski definition) is 1. The van der Waals surface area contributed by atoms with Gasteiger partial charge in [0.05, 0.1) is 5.92 Å². The molecule has 0 saturated carbocycles. The van der Waals surface area contributed by atoms with Gasteiger partial charge in [-0.15, -0.1) is 6.58 Å². The second kappa shape index (κ2) is 5.82. The van der Waals surface area contributed by atoms with Crippen molar-refractivity contribution >= 4 is 11.9 Å². The van der Waals surface area contributed by atoms with Crippen LogP contribution in [0.5, 0.6) is 0 Å². The lowest BCUT2D eigenvalue weighted by atomic mass is 9.68. The normalized spacial score (nSPS) is 35.5. The van der Waals surface area contributed by atoms with Crippen molar-refractivity contribution in [1.29, 1.82) is 0 Å². The smallest absolute Gasteiger partial charge is 0.336 e. The van der Waals surface area contributed by atoms with Crippen molar-refractivity contribution in [3.8, 4) is 0 Å². The fourth-order valence-corrected chi connectivity index (χ4v) is 3.82. The first-order chi connectivity index (χ1) is 9.91. The van der Waals surface area contributed by atoms with E-state index in [1.54, 1.807) is 0 Å². The van der Waals surface area contributed by atoms with Crippen LogP contribution >= 0.6 is 0 Å². The van der Waals surface area contributed by atoms with E-state index in [-0.39, 0.29) is 17.8 Å². The summed E-state index contributed by atoms with van der Waals surface area (Å²) in [4.78, 5) is 24.2. The second-order valence-corrected chi connectivity index (χ2v) is 6.72. The van der Waals surface area contributed by atoms with Gasteiger partial charge < -0.3 is 10.1 Å². The maximum Gasteiger partial charge on any atom is 0.336 e. The Morgan fingerprint density at radius 3 is 2.71 bits per heavy atom. The topological polar surface area (TPSA) is 55.4 Å². The number of nitrogens with one attached hydrogen (secondary N) is 1. The molecule has 0 spiro atoms. The van der Waals surface area contributed by atoms with Crippen molar-refractivity contribution in [3.05, 3.63) is 12.7 Å².